The molecule has 98 valence electrons. The van der Waals surface area contributed by atoms with Crippen LogP contribution in [0.25, 0.3) is 0 Å². The maximum absolute atomic E-state index is 13.0. The zero-order valence-electron chi connectivity index (χ0n) is 9.84. The number of benzene rings is 1. The molecule has 0 atom stereocenters. The van der Waals surface area contributed by atoms with Crippen LogP contribution in [0.1, 0.15) is 0 Å². The van der Waals surface area contributed by atoms with Gasteiger partial charge in [-0.05, 0) is 18.2 Å². The molecule has 1 aromatic carbocycles. The van der Waals surface area contributed by atoms with Gasteiger partial charge in [-0.25, -0.2) is 12.8 Å². The van der Waals surface area contributed by atoms with Gasteiger partial charge in [0.05, 0.1) is 11.4 Å². The summed E-state index contributed by atoms with van der Waals surface area (Å²) >= 11 is 0. The summed E-state index contributed by atoms with van der Waals surface area (Å²) < 4.78 is 38.5. The largest absolute Gasteiger partial charge is 0.343 e. The number of hydrogen-bond acceptors (Lipinski definition) is 3. The lowest BCUT2D eigenvalue weighted by Crippen LogP contribution is -2.50. The van der Waals surface area contributed by atoms with Crippen LogP contribution in [-0.2, 0) is 14.8 Å². The van der Waals surface area contributed by atoms with E-state index in [0.29, 0.717) is 6.54 Å². The molecule has 5 nitrogen and oxygen atoms in total. The molecule has 0 aliphatic carbocycles. The molecule has 2 rings (SSSR count). The quantitative estimate of drug-likeness (QED) is 0.777. The fourth-order valence-electron chi connectivity index (χ4n) is 1.72. The van der Waals surface area contributed by atoms with E-state index in [1.807, 2.05) is 0 Å². The van der Waals surface area contributed by atoms with Gasteiger partial charge >= 0.3 is 0 Å². The molecule has 1 saturated heterocycles. The third kappa shape index (κ3) is 2.37. The number of halogens is 1. The Hall–Kier alpha value is -1.47. The third-order valence-electron chi connectivity index (χ3n) is 2.86. The molecule has 0 aromatic heterocycles. The van der Waals surface area contributed by atoms with Gasteiger partial charge in [0.25, 0.3) is 0 Å². The summed E-state index contributed by atoms with van der Waals surface area (Å²) in [6, 6.07) is 4.79. The molecule has 0 radical (unpaired) electrons. The lowest BCUT2D eigenvalue weighted by molar-refractivity contribution is -0.132. The van der Waals surface area contributed by atoms with E-state index < -0.39 is 15.8 Å². The highest BCUT2D eigenvalue weighted by atomic mass is 32.2. The first-order valence-electron chi connectivity index (χ1n) is 5.41. The molecule has 7 heteroatoms. The predicted octanol–water partition coefficient (Wildman–Crippen LogP) is 0.288. The highest BCUT2D eigenvalue weighted by molar-refractivity contribution is 7.89. The summed E-state index contributed by atoms with van der Waals surface area (Å²) in [4.78, 5) is 12.8. The van der Waals surface area contributed by atoms with E-state index in [4.69, 9.17) is 0 Å². The second-order valence-electron chi connectivity index (χ2n) is 4.11. The average molecular weight is 272 g/mol. The first kappa shape index (κ1) is 13.0. The van der Waals surface area contributed by atoms with Crippen LogP contribution in [0.2, 0.25) is 0 Å². The van der Waals surface area contributed by atoms with Gasteiger partial charge in [0, 0.05) is 20.1 Å². The van der Waals surface area contributed by atoms with Crippen LogP contribution in [-0.4, -0.2) is 50.2 Å². The maximum Gasteiger partial charge on any atom is 0.243 e. The van der Waals surface area contributed by atoms with E-state index in [-0.39, 0.29) is 23.9 Å². The number of carbonyl (C=O) groups is 1. The van der Waals surface area contributed by atoms with Gasteiger partial charge in [0.15, 0.2) is 0 Å². The fourth-order valence-corrected chi connectivity index (χ4v) is 3.13. The van der Waals surface area contributed by atoms with Crippen molar-refractivity contribution in [1.29, 1.82) is 0 Å². The van der Waals surface area contributed by atoms with Gasteiger partial charge in [-0.2, -0.15) is 4.31 Å². The van der Waals surface area contributed by atoms with Crippen LogP contribution in [0.3, 0.4) is 0 Å². The molecule has 0 N–H and O–H groups in total. The average Bonchev–Trinajstić information content (AvgIpc) is 2.32. The molecular weight excluding hydrogens is 259 g/mol. The number of carbonyl (C=O) groups excluding carboxylic acids is 1. The van der Waals surface area contributed by atoms with E-state index in [2.05, 4.69) is 0 Å². The standard InChI is InChI=1S/C11H13FN2O3S/c1-13-5-6-14(8-11(13)15)18(16,17)10-4-2-3-9(12)7-10/h2-4,7H,5-6,8H2,1H3. The van der Waals surface area contributed by atoms with E-state index in [0.717, 1.165) is 10.4 Å². The minimum Gasteiger partial charge on any atom is -0.343 e. The van der Waals surface area contributed by atoms with E-state index in [9.17, 15) is 17.6 Å². The lowest BCUT2D eigenvalue weighted by atomic mass is 10.3. The molecular formula is C11H13FN2O3S. The zero-order valence-corrected chi connectivity index (χ0v) is 10.7. The number of sulfonamides is 1. The van der Waals surface area contributed by atoms with Crippen molar-refractivity contribution in [3.63, 3.8) is 0 Å². The Bertz CT molecular complexity index is 573. The first-order chi connectivity index (χ1) is 8.41. The molecule has 1 aromatic rings. The molecule has 1 fully saturated rings. The van der Waals surface area contributed by atoms with Crippen LogP contribution >= 0.6 is 0 Å². The summed E-state index contributed by atoms with van der Waals surface area (Å²) in [6.07, 6.45) is 0. The topological polar surface area (TPSA) is 57.7 Å². The molecule has 0 unspecified atom stereocenters. The van der Waals surface area contributed by atoms with Crippen molar-refractivity contribution in [3.05, 3.63) is 30.1 Å². The van der Waals surface area contributed by atoms with Gasteiger partial charge in [-0.3, -0.25) is 4.79 Å². The predicted molar refractivity (Wildman–Crippen MR) is 62.8 cm³/mol. The summed E-state index contributed by atoms with van der Waals surface area (Å²) in [5, 5.41) is 0. The van der Waals surface area contributed by atoms with Gasteiger partial charge in [0.2, 0.25) is 15.9 Å². The summed E-state index contributed by atoms with van der Waals surface area (Å²) in [6.45, 7) is 0.365. The Balaban J connectivity index is 2.30. The first-order valence-corrected chi connectivity index (χ1v) is 6.85. The Kier molecular flexibility index (Phi) is 3.36. The highest BCUT2D eigenvalue weighted by Crippen LogP contribution is 2.18. The number of amides is 1. The second kappa shape index (κ2) is 4.66. The molecule has 0 spiro atoms. The van der Waals surface area contributed by atoms with Crippen molar-refractivity contribution >= 4 is 15.9 Å². The Labute approximate surface area is 105 Å². The molecule has 1 aliphatic rings. The number of nitrogens with zero attached hydrogens (tertiary/aromatic N) is 2. The van der Waals surface area contributed by atoms with E-state index in [1.165, 1.54) is 23.1 Å². The van der Waals surface area contributed by atoms with Crippen molar-refractivity contribution in [2.75, 3.05) is 26.7 Å². The molecule has 1 amide bonds. The van der Waals surface area contributed by atoms with E-state index in [1.54, 1.807) is 7.05 Å². The number of piperazine rings is 1. The number of likely N-dealkylation sites (N-methyl/N-ethyl adjacent to an activating group) is 1. The number of rotatable bonds is 2. The third-order valence-corrected chi connectivity index (χ3v) is 4.70. The molecule has 18 heavy (non-hydrogen) atoms. The van der Waals surface area contributed by atoms with Gasteiger partial charge < -0.3 is 4.90 Å². The molecule has 1 heterocycles. The molecule has 0 saturated carbocycles. The highest BCUT2D eigenvalue weighted by Gasteiger charge is 2.31. The van der Waals surface area contributed by atoms with Gasteiger partial charge in [-0.1, -0.05) is 6.07 Å². The van der Waals surface area contributed by atoms with Gasteiger partial charge in [0.1, 0.15) is 5.82 Å². The monoisotopic (exact) mass is 272 g/mol. The van der Waals surface area contributed by atoms with Gasteiger partial charge in [-0.15, -0.1) is 0 Å². The smallest absolute Gasteiger partial charge is 0.243 e. The summed E-state index contributed by atoms with van der Waals surface area (Å²) in [5.41, 5.74) is 0. The second-order valence-corrected chi connectivity index (χ2v) is 6.05. The summed E-state index contributed by atoms with van der Waals surface area (Å²) in [5.74, 6) is -0.877. The van der Waals surface area contributed by atoms with Crippen molar-refractivity contribution in [1.82, 2.24) is 9.21 Å². The SMILES string of the molecule is CN1CCN(S(=O)(=O)c2cccc(F)c2)CC1=O. The van der Waals surface area contributed by atoms with Crippen molar-refractivity contribution in [2.24, 2.45) is 0 Å². The van der Waals surface area contributed by atoms with Crippen molar-refractivity contribution in [3.8, 4) is 0 Å². The minimum absolute atomic E-state index is 0.125. The van der Waals surface area contributed by atoms with E-state index >= 15 is 0 Å². The van der Waals surface area contributed by atoms with Crippen molar-refractivity contribution in [2.45, 2.75) is 4.90 Å². The normalized spacial score (nSPS) is 18.1. The minimum atomic E-state index is -3.80. The molecule has 1 aliphatic heterocycles. The van der Waals surface area contributed by atoms with Crippen LogP contribution < -0.4 is 0 Å². The summed E-state index contributed by atoms with van der Waals surface area (Å²) in [7, 11) is -2.18. The Morgan fingerprint density at radius 2 is 2.00 bits per heavy atom. The van der Waals surface area contributed by atoms with Crippen LogP contribution in [0, 0.1) is 5.82 Å². The van der Waals surface area contributed by atoms with Crippen LogP contribution in [0.5, 0.6) is 0 Å². The Morgan fingerprint density at radius 3 is 2.61 bits per heavy atom. The zero-order chi connectivity index (χ0) is 13.3. The lowest BCUT2D eigenvalue weighted by Gasteiger charge is -2.31. The fraction of sp³-hybridized carbons (Fsp3) is 0.364. The molecule has 0 bridgehead atoms. The van der Waals surface area contributed by atoms with Crippen LogP contribution in [0.4, 0.5) is 4.39 Å². The van der Waals surface area contributed by atoms with Crippen molar-refractivity contribution < 1.29 is 17.6 Å². The Morgan fingerprint density at radius 1 is 1.28 bits per heavy atom. The van der Waals surface area contributed by atoms with Crippen LogP contribution in [0.15, 0.2) is 29.2 Å². The maximum atomic E-state index is 13.0. The number of hydrogen-bond donors (Lipinski definition) is 0.